The molecule has 0 fully saturated rings. The molecule has 1 unspecified atom stereocenters. The molecule has 1 atom stereocenters. The lowest BCUT2D eigenvalue weighted by atomic mass is 10.3. The second-order valence-corrected chi connectivity index (χ2v) is 9.74. The van der Waals surface area contributed by atoms with Gasteiger partial charge in [0.25, 0.3) is 0 Å². The lowest BCUT2D eigenvalue weighted by Crippen LogP contribution is -2.24. The standard InChI is InChI=1S/C15H18Cl2N2O2S3/c1-10(15-14(5-7-23-15)24(20,21)18-2)19-6-8-22-13-4-3-11(16)9-12(13)17/h3-5,7,9-10,18-19H,6,8H2,1-2H3. The Morgan fingerprint density at radius 3 is 2.71 bits per heavy atom. The summed E-state index contributed by atoms with van der Waals surface area (Å²) in [5.41, 5.74) is 0. The molecule has 4 nitrogen and oxygen atoms in total. The van der Waals surface area contributed by atoms with Gasteiger partial charge in [0.1, 0.15) is 0 Å². The second-order valence-electron chi connectivity index (χ2n) is 4.96. The van der Waals surface area contributed by atoms with E-state index < -0.39 is 10.0 Å². The van der Waals surface area contributed by atoms with E-state index in [0.29, 0.717) is 14.9 Å². The van der Waals surface area contributed by atoms with Gasteiger partial charge in [-0.15, -0.1) is 23.1 Å². The zero-order chi connectivity index (χ0) is 17.7. The molecular formula is C15H18Cl2N2O2S3. The van der Waals surface area contributed by atoms with E-state index in [1.54, 1.807) is 29.3 Å². The van der Waals surface area contributed by atoms with E-state index in [1.807, 2.05) is 19.1 Å². The van der Waals surface area contributed by atoms with Gasteiger partial charge in [-0.05, 0) is 43.6 Å². The van der Waals surface area contributed by atoms with Crippen molar-refractivity contribution < 1.29 is 8.42 Å². The number of nitrogens with one attached hydrogen (secondary N) is 2. The van der Waals surface area contributed by atoms with Gasteiger partial charge in [0.2, 0.25) is 10.0 Å². The van der Waals surface area contributed by atoms with Crippen molar-refractivity contribution in [2.45, 2.75) is 22.8 Å². The first-order chi connectivity index (χ1) is 11.3. The Hall–Kier alpha value is -0.280. The molecule has 132 valence electrons. The summed E-state index contributed by atoms with van der Waals surface area (Å²) in [4.78, 5) is 2.12. The maximum absolute atomic E-state index is 12.0. The molecule has 0 aliphatic heterocycles. The van der Waals surface area contributed by atoms with Gasteiger partial charge in [-0.25, -0.2) is 13.1 Å². The zero-order valence-electron chi connectivity index (χ0n) is 13.2. The summed E-state index contributed by atoms with van der Waals surface area (Å²) in [5.74, 6) is 0.811. The van der Waals surface area contributed by atoms with Crippen molar-refractivity contribution >= 4 is 56.3 Å². The summed E-state index contributed by atoms with van der Waals surface area (Å²) in [5, 5.41) is 6.40. The minimum atomic E-state index is -3.43. The Morgan fingerprint density at radius 2 is 2.04 bits per heavy atom. The Morgan fingerprint density at radius 1 is 1.29 bits per heavy atom. The van der Waals surface area contributed by atoms with Crippen LogP contribution in [0.15, 0.2) is 39.4 Å². The van der Waals surface area contributed by atoms with Crippen LogP contribution in [0.5, 0.6) is 0 Å². The highest BCUT2D eigenvalue weighted by atomic mass is 35.5. The second kappa shape index (κ2) is 8.89. The molecule has 24 heavy (non-hydrogen) atoms. The first-order valence-corrected chi connectivity index (χ1v) is 11.3. The van der Waals surface area contributed by atoms with Crippen LogP contribution in [0, 0.1) is 0 Å². The van der Waals surface area contributed by atoms with Gasteiger partial charge in [0, 0.05) is 33.1 Å². The maximum atomic E-state index is 12.0. The third-order valence-corrected chi connectivity index (χ3v) is 7.75. The van der Waals surface area contributed by atoms with Gasteiger partial charge in [-0.2, -0.15) is 0 Å². The molecule has 1 aromatic heterocycles. The quantitative estimate of drug-likeness (QED) is 0.486. The molecule has 2 rings (SSSR count). The minimum Gasteiger partial charge on any atom is -0.309 e. The number of halogens is 2. The number of thiophene rings is 1. The molecule has 0 amide bonds. The van der Waals surface area contributed by atoms with Crippen LogP contribution in [-0.2, 0) is 10.0 Å². The van der Waals surface area contributed by atoms with Crippen LogP contribution in [0.4, 0.5) is 0 Å². The smallest absolute Gasteiger partial charge is 0.241 e. The van der Waals surface area contributed by atoms with E-state index >= 15 is 0 Å². The van der Waals surface area contributed by atoms with Crippen LogP contribution in [-0.4, -0.2) is 27.8 Å². The van der Waals surface area contributed by atoms with Crippen molar-refractivity contribution in [3.63, 3.8) is 0 Å². The fraction of sp³-hybridized carbons (Fsp3) is 0.333. The van der Waals surface area contributed by atoms with Gasteiger partial charge in [0.15, 0.2) is 0 Å². The molecule has 1 heterocycles. The molecule has 2 aromatic rings. The topological polar surface area (TPSA) is 58.2 Å². The van der Waals surface area contributed by atoms with E-state index in [1.165, 1.54) is 18.4 Å². The van der Waals surface area contributed by atoms with Crippen LogP contribution in [0.3, 0.4) is 0 Å². The third kappa shape index (κ3) is 5.11. The summed E-state index contributed by atoms with van der Waals surface area (Å²) < 4.78 is 26.4. The fourth-order valence-electron chi connectivity index (χ4n) is 2.08. The molecule has 0 aliphatic carbocycles. The van der Waals surface area contributed by atoms with E-state index in [2.05, 4.69) is 10.0 Å². The first kappa shape index (κ1) is 20.0. The summed E-state index contributed by atoms with van der Waals surface area (Å²) in [6.07, 6.45) is 0. The molecule has 1 aromatic carbocycles. The molecule has 0 saturated carbocycles. The Balaban J connectivity index is 1.90. The maximum Gasteiger partial charge on any atom is 0.241 e. The number of rotatable bonds is 8. The van der Waals surface area contributed by atoms with Crippen LogP contribution >= 0.6 is 46.3 Å². The van der Waals surface area contributed by atoms with Crippen molar-refractivity contribution in [3.8, 4) is 0 Å². The molecule has 0 aliphatic rings. The van der Waals surface area contributed by atoms with Crippen LogP contribution in [0.25, 0.3) is 0 Å². The van der Waals surface area contributed by atoms with Crippen molar-refractivity contribution in [1.29, 1.82) is 0 Å². The number of benzene rings is 1. The minimum absolute atomic E-state index is 0.0515. The molecule has 0 saturated heterocycles. The normalized spacial score (nSPS) is 13.2. The van der Waals surface area contributed by atoms with Gasteiger partial charge >= 0.3 is 0 Å². The average molecular weight is 425 g/mol. The Bertz CT molecular complexity index is 794. The molecule has 0 bridgehead atoms. The van der Waals surface area contributed by atoms with Gasteiger partial charge in [-0.3, -0.25) is 0 Å². The molecule has 0 radical (unpaired) electrons. The van der Waals surface area contributed by atoms with Crippen molar-refractivity contribution in [1.82, 2.24) is 10.0 Å². The molecule has 2 N–H and O–H groups in total. The van der Waals surface area contributed by atoms with E-state index in [0.717, 1.165) is 22.1 Å². The van der Waals surface area contributed by atoms with Gasteiger partial charge in [-0.1, -0.05) is 23.2 Å². The molecular weight excluding hydrogens is 407 g/mol. The number of hydrogen-bond acceptors (Lipinski definition) is 5. The summed E-state index contributed by atoms with van der Waals surface area (Å²) >= 11 is 15.1. The van der Waals surface area contributed by atoms with Crippen LogP contribution in [0.2, 0.25) is 10.0 Å². The predicted molar refractivity (Wildman–Crippen MR) is 104 cm³/mol. The predicted octanol–water partition coefficient (Wildman–Crippen LogP) is 4.41. The molecule has 0 spiro atoms. The summed E-state index contributed by atoms with van der Waals surface area (Å²) in [7, 11) is -2.01. The SMILES string of the molecule is CNS(=O)(=O)c1ccsc1C(C)NCCSc1ccc(Cl)cc1Cl. The fourth-order valence-corrected chi connectivity index (χ4v) is 5.74. The lowest BCUT2D eigenvalue weighted by molar-refractivity contribution is 0.576. The van der Waals surface area contributed by atoms with Crippen molar-refractivity contribution in [3.05, 3.63) is 44.6 Å². The highest BCUT2D eigenvalue weighted by Crippen LogP contribution is 2.30. The monoisotopic (exact) mass is 424 g/mol. The van der Waals surface area contributed by atoms with Crippen molar-refractivity contribution in [2.24, 2.45) is 0 Å². The molecule has 9 heteroatoms. The zero-order valence-corrected chi connectivity index (χ0v) is 17.1. The summed E-state index contributed by atoms with van der Waals surface area (Å²) in [6, 6.07) is 7.01. The first-order valence-electron chi connectivity index (χ1n) is 7.17. The number of thioether (sulfide) groups is 1. The van der Waals surface area contributed by atoms with E-state index in [4.69, 9.17) is 23.2 Å². The number of hydrogen-bond donors (Lipinski definition) is 2. The lowest BCUT2D eigenvalue weighted by Gasteiger charge is -2.14. The van der Waals surface area contributed by atoms with Crippen LogP contribution in [0.1, 0.15) is 17.8 Å². The highest BCUT2D eigenvalue weighted by Gasteiger charge is 2.21. The third-order valence-electron chi connectivity index (χ3n) is 3.31. The van der Waals surface area contributed by atoms with E-state index in [-0.39, 0.29) is 6.04 Å². The van der Waals surface area contributed by atoms with Crippen molar-refractivity contribution in [2.75, 3.05) is 19.3 Å². The average Bonchev–Trinajstić information content (AvgIpc) is 3.03. The Labute approximate surface area is 161 Å². The largest absolute Gasteiger partial charge is 0.309 e. The number of sulfonamides is 1. The summed E-state index contributed by atoms with van der Waals surface area (Å²) in [6.45, 7) is 2.68. The van der Waals surface area contributed by atoms with Gasteiger partial charge < -0.3 is 5.32 Å². The van der Waals surface area contributed by atoms with Crippen LogP contribution < -0.4 is 10.0 Å². The highest BCUT2D eigenvalue weighted by molar-refractivity contribution is 7.99. The van der Waals surface area contributed by atoms with E-state index in [9.17, 15) is 8.42 Å². The Kier molecular flexibility index (Phi) is 7.42. The van der Waals surface area contributed by atoms with Gasteiger partial charge in [0.05, 0.1) is 9.92 Å².